The summed E-state index contributed by atoms with van der Waals surface area (Å²) >= 11 is 0. The molecule has 1 aliphatic heterocycles. The van der Waals surface area contributed by atoms with E-state index in [4.69, 9.17) is 4.99 Å². The van der Waals surface area contributed by atoms with Crippen molar-refractivity contribution < 1.29 is 0 Å². The number of hydrogen-bond acceptors (Lipinski definition) is 2. The van der Waals surface area contributed by atoms with Gasteiger partial charge < -0.3 is 15.5 Å². The standard InChI is InChI=1S/C16H32N4/c1-3-17-16(19-15-13-14(15)2)18-9-8-12-20-10-6-4-5-7-11-20/h14-15H,3-13H2,1-2H3,(H2,17,18,19). The molecule has 0 amide bonds. The molecule has 1 heterocycles. The molecule has 2 aliphatic rings. The zero-order valence-electron chi connectivity index (χ0n) is 13.3. The van der Waals surface area contributed by atoms with Crippen molar-refractivity contribution in [2.24, 2.45) is 10.9 Å². The topological polar surface area (TPSA) is 39.7 Å². The lowest BCUT2D eigenvalue weighted by Gasteiger charge is -2.19. The molecule has 2 N–H and O–H groups in total. The van der Waals surface area contributed by atoms with E-state index in [1.165, 1.54) is 58.2 Å². The molecule has 2 unspecified atom stereocenters. The molecule has 4 heteroatoms. The predicted octanol–water partition coefficient (Wildman–Crippen LogP) is 2.22. The SMILES string of the molecule is CCNC(=NCCCN1CCCCCC1)NC1CC1C. The van der Waals surface area contributed by atoms with Gasteiger partial charge in [-0.15, -0.1) is 0 Å². The van der Waals surface area contributed by atoms with E-state index in [1.807, 2.05) is 0 Å². The third-order valence-electron chi connectivity index (χ3n) is 4.38. The van der Waals surface area contributed by atoms with Crippen molar-refractivity contribution >= 4 is 5.96 Å². The summed E-state index contributed by atoms with van der Waals surface area (Å²) in [5, 5.41) is 6.86. The van der Waals surface area contributed by atoms with Gasteiger partial charge in [-0.05, 0) is 58.2 Å². The van der Waals surface area contributed by atoms with Crippen molar-refractivity contribution in [3.05, 3.63) is 0 Å². The minimum atomic E-state index is 0.651. The van der Waals surface area contributed by atoms with Gasteiger partial charge in [-0.2, -0.15) is 0 Å². The Morgan fingerprint density at radius 1 is 1.20 bits per heavy atom. The molecule has 0 aromatic carbocycles. The van der Waals surface area contributed by atoms with Crippen LogP contribution >= 0.6 is 0 Å². The monoisotopic (exact) mass is 280 g/mol. The smallest absolute Gasteiger partial charge is 0.191 e. The fraction of sp³-hybridized carbons (Fsp3) is 0.938. The predicted molar refractivity (Wildman–Crippen MR) is 86.2 cm³/mol. The molecule has 1 aliphatic carbocycles. The van der Waals surface area contributed by atoms with Crippen molar-refractivity contribution in [3.63, 3.8) is 0 Å². The average Bonchev–Trinajstić information content (AvgIpc) is 3.18. The van der Waals surface area contributed by atoms with Crippen LogP contribution in [0.1, 0.15) is 52.4 Å². The summed E-state index contributed by atoms with van der Waals surface area (Å²) in [5.74, 6) is 1.83. The van der Waals surface area contributed by atoms with Crippen molar-refractivity contribution in [2.45, 2.75) is 58.4 Å². The van der Waals surface area contributed by atoms with Gasteiger partial charge in [-0.3, -0.25) is 4.99 Å². The lowest BCUT2D eigenvalue weighted by molar-refractivity contribution is 0.283. The molecular formula is C16H32N4. The summed E-state index contributed by atoms with van der Waals surface area (Å²) in [4.78, 5) is 7.32. The van der Waals surface area contributed by atoms with E-state index in [9.17, 15) is 0 Å². The summed E-state index contributed by atoms with van der Waals surface area (Å²) in [6.45, 7) is 10.1. The van der Waals surface area contributed by atoms with Crippen LogP contribution < -0.4 is 10.6 Å². The Balaban J connectivity index is 1.63. The largest absolute Gasteiger partial charge is 0.357 e. The van der Waals surface area contributed by atoms with Gasteiger partial charge >= 0.3 is 0 Å². The van der Waals surface area contributed by atoms with Crippen molar-refractivity contribution in [1.29, 1.82) is 0 Å². The van der Waals surface area contributed by atoms with E-state index < -0.39 is 0 Å². The molecule has 1 saturated carbocycles. The van der Waals surface area contributed by atoms with Crippen LogP contribution in [-0.4, -0.2) is 49.6 Å². The van der Waals surface area contributed by atoms with Crippen LogP contribution in [0.15, 0.2) is 4.99 Å². The number of nitrogens with one attached hydrogen (secondary N) is 2. The van der Waals surface area contributed by atoms with Crippen molar-refractivity contribution in [3.8, 4) is 0 Å². The number of guanidine groups is 1. The normalized spacial score (nSPS) is 28.0. The van der Waals surface area contributed by atoms with Crippen LogP contribution in [0.25, 0.3) is 0 Å². The maximum atomic E-state index is 4.70. The second-order valence-electron chi connectivity index (χ2n) is 6.33. The van der Waals surface area contributed by atoms with Gasteiger partial charge in [0.1, 0.15) is 0 Å². The van der Waals surface area contributed by atoms with Gasteiger partial charge in [0.15, 0.2) is 5.96 Å². The first kappa shape index (κ1) is 15.6. The Kier molecular flexibility index (Phi) is 6.64. The third kappa shape index (κ3) is 5.70. The highest BCUT2D eigenvalue weighted by Gasteiger charge is 2.33. The van der Waals surface area contributed by atoms with Gasteiger partial charge in [-0.25, -0.2) is 0 Å². The molecule has 0 spiro atoms. The van der Waals surface area contributed by atoms with Crippen LogP contribution in [-0.2, 0) is 0 Å². The maximum Gasteiger partial charge on any atom is 0.191 e. The second kappa shape index (κ2) is 8.50. The van der Waals surface area contributed by atoms with Gasteiger partial charge in [0.25, 0.3) is 0 Å². The summed E-state index contributed by atoms with van der Waals surface area (Å²) in [5.41, 5.74) is 0. The van der Waals surface area contributed by atoms with Gasteiger partial charge in [0, 0.05) is 19.1 Å². The molecule has 1 saturated heterocycles. The van der Waals surface area contributed by atoms with Crippen molar-refractivity contribution in [2.75, 3.05) is 32.7 Å². The molecule has 116 valence electrons. The quantitative estimate of drug-likeness (QED) is 0.445. The maximum absolute atomic E-state index is 4.70. The highest BCUT2D eigenvalue weighted by Crippen LogP contribution is 2.28. The lowest BCUT2D eigenvalue weighted by atomic mass is 10.2. The van der Waals surface area contributed by atoms with Crippen LogP contribution in [0.3, 0.4) is 0 Å². The van der Waals surface area contributed by atoms with Crippen LogP contribution in [0.2, 0.25) is 0 Å². The summed E-state index contributed by atoms with van der Waals surface area (Å²) < 4.78 is 0. The number of nitrogens with zero attached hydrogens (tertiary/aromatic N) is 2. The Labute approximate surface area is 124 Å². The zero-order valence-corrected chi connectivity index (χ0v) is 13.3. The molecule has 2 fully saturated rings. The molecule has 0 radical (unpaired) electrons. The molecule has 0 aromatic heterocycles. The van der Waals surface area contributed by atoms with Crippen LogP contribution in [0.4, 0.5) is 0 Å². The van der Waals surface area contributed by atoms with Gasteiger partial charge in [-0.1, -0.05) is 19.8 Å². The molecular weight excluding hydrogens is 248 g/mol. The second-order valence-corrected chi connectivity index (χ2v) is 6.33. The van der Waals surface area contributed by atoms with Gasteiger partial charge in [0.2, 0.25) is 0 Å². The number of rotatable bonds is 6. The molecule has 2 atom stereocenters. The molecule has 0 bridgehead atoms. The average molecular weight is 280 g/mol. The van der Waals surface area contributed by atoms with E-state index in [2.05, 4.69) is 29.4 Å². The molecule has 20 heavy (non-hydrogen) atoms. The van der Waals surface area contributed by atoms with E-state index >= 15 is 0 Å². The summed E-state index contributed by atoms with van der Waals surface area (Å²) in [6.07, 6.45) is 8.07. The van der Waals surface area contributed by atoms with E-state index in [-0.39, 0.29) is 0 Å². The Hall–Kier alpha value is -0.770. The summed E-state index contributed by atoms with van der Waals surface area (Å²) in [7, 11) is 0. The highest BCUT2D eigenvalue weighted by molar-refractivity contribution is 5.80. The minimum Gasteiger partial charge on any atom is -0.357 e. The fourth-order valence-electron chi connectivity index (χ4n) is 2.86. The Morgan fingerprint density at radius 2 is 1.90 bits per heavy atom. The van der Waals surface area contributed by atoms with E-state index in [0.717, 1.165) is 25.0 Å². The first-order valence-corrected chi connectivity index (χ1v) is 8.57. The Morgan fingerprint density at radius 3 is 2.50 bits per heavy atom. The molecule has 0 aromatic rings. The number of aliphatic imine (C=N–C) groups is 1. The lowest BCUT2D eigenvalue weighted by Crippen LogP contribution is -2.39. The van der Waals surface area contributed by atoms with E-state index in [1.54, 1.807) is 0 Å². The van der Waals surface area contributed by atoms with Crippen LogP contribution in [0, 0.1) is 5.92 Å². The number of likely N-dealkylation sites (tertiary alicyclic amines) is 1. The molecule has 4 nitrogen and oxygen atoms in total. The molecule has 2 rings (SSSR count). The highest BCUT2D eigenvalue weighted by atomic mass is 15.2. The summed E-state index contributed by atoms with van der Waals surface area (Å²) in [6, 6.07) is 0.651. The number of hydrogen-bond donors (Lipinski definition) is 2. The fourth-order valence-corrected chi connectivity index (χ4v) is 2.86. The third-order valence-corrected chi connectivity index (χ3v) is 4.38. The first-order valence-electron chi connectivity index (χ1n) is 8.57. The van der Waals surface area contributed by atoms with Gasteiger partial charge in [0.05, 0.1) is 0 Å². The Bertz CT molecular complexity index is 295. The zero-order chi connectivity index (χ0) is 14.2. The van der Waals surface area contributed by atoms with E-state index in [0.29, 0.717) is 6.04 Å². The first-order chi connectivity index (χ1) is 9.79. The van der Waals surface area contributed by atoms with Crippen molar-refractivity contribution in [1.82, 2.24) is 15.5 Å². The minimum absolute atomic E-state index is 0.651. The van der Waals surface area contributed by atoms with Crippen LogP contribution in [0.5, 0.6) is 0 Å².